The minimum Gasteiger partial charge on any atom is -0.484 e. The van der Waals surface area contributed by atoms with E-state index in [1.54, 1.807) is 6.20 Å². The topological polar surface area (TPSA) is 57.4 Å². The number of hydrogen-bond donors (Lipinski definition) is 1. The van der Waals surface area contributed by atoms with E-state index < -0.39 is 0 Å². The van der Waals surface area contributed by atoms with Crippen LogP contribution in [0.1, 0.15) is 18.7 Å². The molecule has 0 saturated carbocycles. The highest BCUT2D eigenvalue weighted by Gasteiger charge is 2.19. The molecule has 1 fully saturated rings. The molecule has 0 radical (unpaired) electrons. The Kier molecular flexibility index (Phi) is 2.65. The number of pyridine rings is 1. The fourth-order valence-corrected chi connectivity index (χ4v) is 1.21. The maximum Gasteiger partial charge on any atom is 0.145 e. The second-order valence-corrected chi connectivity index (χ2v) is 3.48. The quantitative estimate of drug-likeness (QED) is 0.776. The highest BCUT2D eigenvalue weighted by Crippen LogP contribution is 2.16. The second-order valence-electron chi connectivity index (χ2n) is 3.48. The SMILES string of the molecule is C[C@H](N)c1ccc(OC2COC2)cn1. The molecule has 76 valence electrons. The molecule has 0 aromatic carbocycles. The predicted molar refractivity (Wildman–Crippen MR) is 52.1 cm³/mol. The van der Waals surface area contributed by atoms with Crippen LogP contribution >= 0.6 is 0 Å². The van der Waals surface area contributed by atoms with Crippen LogP contribution in [0.5, 0.6) is 5.75 Å². The zero-order valence-corrected chi connectivity index (χ0v) is 8.14. The molecule has 0 spiro atoms. The number of nitrogens with two attached hydrogens (primary N) is 1. The molecule has 1 saturated heterocycles. The van der Waals surface area contributed by atoms with Crippen LogP contribution in [-0.2, 0) is 4.74 Å². The number of nitrogens with zero attached hydrogens (tertiary/aromatic N) is 1. The fraction of sp³-hybridized carbons (Fsp3) is 0.500. The Morgan fingerprint density at radius 3 is 2.79 bits per heavy atom. The van der Waals surface area contributed by atoms with E-state index in [1.807, 2.05) is 19.1 Å². The minimum absolute atomic E-state index is 0.0314. The first-order chi connectivity index (χ1) is 6.75. The predicted octanol–water partition coefficient (Wildman–Crippen LogP) is 0.879. The van der Waals surface area contributed by atoms with Gasteiger partial charge < -0.3 is 15.2 Å². The van der Waals surface area contributed by atoms with Crippen LogP contribution in [0.25, 0.3) is 0 Å². The van der Waals surface area contributed by atoms with Gasteiger partial charge >= 0.3 is 0 Å². The Bertz CT molecular complexity index is 293. The Balaban J connectivity index is 1.98. The Morgan fingerprint density at radius 1 is 1.57 bits per heavy atom. The van der Waals surface area contributed by atoms with Crippen LogP contribution in [0.15, 0.2) is 18.3 Å². The average Bonchev–Trinajstić information content (AvgIpc) is 2.12. The van der Waals surface area contributed by atoms with Gasteiger partial charge in [0, 0.05) is 6.04 Å². The lowest BCUT2D eigenvalue weighted by Gasteiger charge is -2.26. The van der Waals surface area contributed by atoms with E-state index in [1.165, 1.54) is 0 Å². The van der Waals surface area contributed by atoms with Crippen LogP contribution in [0, 0.1) is 0 Å². The van der Waals surface area contributed by atoms with Gasteiger partial charge in [0.15, 0.2) is 0 Å². The molecule has 1 aliphatic heterocycles. The number of aromatic nitrogens is 1. The van der Waals surface area contributed by atoms with Crippen molar-refractivity contribution in [1.29, 1.82) is 0 Å². The lowest BCUT2D eigenvalue weighted by Crippen LogP contribution is -2.38. The summed E-state index contributed by atoms with van der Waals surface area (Å²) in [6.07, 6.45) is 1.90. The molecule has 0 aliphatic carbocycles. The first-order valence-electron chi connectivity index (χ1n) is 4.71. The van der Waals surface area contributed by atoms with Crippen LogP contribution in [0.3, 0.4) is 0 Å². The van der Waals surface area contributed by atoms with Gasteiger partial charge in [-0.2, -0.15) is 0 Å². The van der Waals surface area contributed by atoms with E-state index in [0.717, 1.165) is 11.4 Å². The van der Waals surface area contributed by atoms with Gasteiger partial charge in [-0.05, 0) is 19.1 Å². The van der Waals surface area contributed by atoms with Gasteiger partial charge in [0.05, 0.1) is 25.1 Å². The van der Waals surface area contributed by atoms with Crippen LogP contribution in [-0.4, -0.2) is 24.3 Å². The molecular weight excluding hydrogens is 180 g/mol. The van der Waals surface area contributed by atoms with E-state index in [-0.39, 0.29) is 12.1 Å². The summed E-state index contributed by atoms with van der Waals surface area (Å²) in [4.78, 5) is 4.20. The van der Waals surface area contributed by atoms with Crippen molar-refractivity contribution in [3.05, 3.63) is 24.0 Å². The Morgan fingerprint density at radius 2 is 2.36 bits per heavy atom. The summed E-state index contributed by atoms with van der Waals surface area (Å²) in [5.74, 6) is 0.780. The van der Waals surface area contributed by atoms with Crippen molar-refractivity contribution >= 4 is 0 Å². The fourth-order valence-electron chi connectivity index (χ4n) is 1.21. The van der Waals surface area contributed by atoms with Gasteiger partial charge in [0.25, 0.3) is 0 Å². The van der Waals surface area contributed by atoms with Gasteiger partial charge in [0.1, 0.15) is 11.9 Å². The Hall–Kier alpha value is -1.13. The minimum atomic E-state index is -0.0314. The van der Waals surface area contributed by atoms with Crippen LogP contribution < -0.4 is 10.5 Å². The summed E-state index contributed by atoms with van der Waals surface area (Å²) in [5.41, 5.74) is 6.56. The third kappa shape index (κ3) is 2.02. The molecule has 1 aromatic rings. The molecule has 4 heteroatoms. The zero-order valence-electron chi connectivity index (χ0n) is 8.14. The highest BCUT2D eigenvalue weighted by atomic mass is 16.6. The molecular formula is C10H14N2O2. The van der Waals surface area contributed by atoms with Crippen molar-refractivity contribution in [2.24, 2.45) is 5.73 Å². The number of ether oxygens (including phenoxy) is 2. The van der Waals surface area contributed by atoms with Crippen molar-refractivity contribution in [1.82, 2.24) is 4.98 Å². The Labute approximate surface area is 83.0 Å². The summed E-state index contributed by atoms with van der Waals surface area (Å²) >= 11 is 0. The van der Waals surface area contributed by atoms with Crippen molar-refractivity contribution in [2.75, 3.05) is 13.2 Å². The molecule has 1 aliphatic rings. The number of rotatable bonds is 3. The molecule has 4 nitrogen and oxygen atoms in total. The van der Waals surface area contributed by atoms with Gasteiger partial charge in [-0.15, -0.1) is 0 Å². The monoisotopic (exact) mass is 194 g/mol. The maximum absolute atomic E-state index is 5.68. The van der Waals surface area contributed by atoms with Crippen LogP contribution in [0.4, 0.5) is 0 Å². The standard InChI is InChI=1S/C10H14N2O2/c1-7(11)10-3-2-8(4-12-10)14-9-5-13-6-9/h2-4,7,9H,5-6,11H2,1H3/t7-/m0/s1. The average molecular weight is 194 g/mol. The van der Waals surface area contributed by atoms with E-state index in [9.17, 15) is 0 Å². The van der Waals surface area contributed by atoms with Gasteiger partial charge in [-0.3, -0.25) is 4.98 Å². The lowest BCUT2D eigenvalue weighted by molar-refractivity contribution is -0.0798. The molecule has 1 atom stereocenters. The summed E-state index contributed by atoms with van der Waals surface area (Å²) < 4.78 is 10.6. The van der Waals surface area contributed by atoms with Gasteiger partial charge in [0.2, 0.25) is 0 Å². The van der Waals surface area contributed by atoms with Crippen molar-refractivity contribution in [3.63, 3.8) is 0 Å². The van der Waals surface area contributed by atoms with Gasteiger partial charge in [-0.25, -0.2) is 0 Å². The highest BCUT2D eigenvalue weighted by molar-refractivity contribution is 5.21. The molecule has 0 amide bonds. The summed E-state index contributed by atoms with van der Waals surface area (Å²) in [6.45, 7) is 3.26. The normalized spacial score (nSPS) is 18.7. The first kappa shape index (κ1) is 9.43. The third-order valence-electron chi connectivity index (χ3n) is 2.14. The largest absolute Gasteiger partial charge is 0.484 e. The summed E-state index contributed by atoms with van der Waals surface area (Å²) in [6, 6.07) is 3.75. The van der Waals surface area contributed by atoms with Crippen LogP contribution in [0.2, 0.25) is 0 Å². The second kappa shape index (κ2) is 3.94. The molecule has 0 bridgehead atoms. The molecule has 2 rings (SSSR count). The first-order valence-corrected chi connectivity index (χ1v) is 4.71. The van der Waals surface area contributed by atoms with Crippen molar-refractivity contribution in [2.45, 2.75) is 19.1 Å². The smallest absolute Gasteiger partial charge is 0.145 e. The third-order valence-corrected chi connectivity index (χ3v) is 2.14. The maximum atomic E-state index is 5.68. The molecule has 2 heterocycles. The molecule has 14 heavy (non-hydrogen) atoms. The lowest BCUT2D eigenvalue weighted by atomic mass is 10.2. The zero-order chi connectivity index (χ0) is 9.97. The molecule has 1 aromatic heterocycles. The summed E-state index contributed by atoms with van der Waals surface area (Å²) in [7, 11) is 0. The van der Waals surface area contributed by atoms with Gasteiger partial charge in [-0.1, -0.05) is 0 Å². The van der Waals surface area contributed by atoms with E-state index >= 15 is 0 Å². The van der Waals surface area contributed by atoms with E-state index in [4.69, 9.17) is 15.2 Å². The van der Waals surface area contributed by atoms with E-state index in [0.29, 0.717) is 13.2 Å². The molecule has 2 N–H and O–H groups in total. The van der Waals surface area contributed by atoms with Crippen molar-refractivity contribution in [3.8, 4) is 5.75 Å². The van der Waals surface area contributed by atoms with Crippen molar-refractivity contribution < 1.29 is 9.47 Å². The summed E-state index contributed by atoms with van der Waals surface area (Å²) in [5, 5.41) is 0. The molecule has 0 unspecified atom stereocenters. The number of hydrogen-bond acceptors (Lipinski definition) is 4. The van der Waals surface area contributed by atoms with E-state index in [2.05, 4.69) is 4.98 Å².